The van der Waals surface area contributed by atoms with Crippen molar-refractivity contribution in [3.63, 3.8) is 0 Å². The summed E-state index contributed by atoms with van der Waals surface area (Å²) in [6.45, 7) is 11.6. The summed E-state index contributed by atoms with van der Waals surface area (Å²) < 4.78 is 0. The van der Waals surface area contributed by atoms with Gasteiger partial charge in [0.05, 0.1) is 10.9 Å². The van der Waals surface area contributed by atoms with E-state index in [9.17, 15) is 0 Å². The molecule has 1 spiro atoms. The summed E-state index contributed by atoms with van der Waals surface area (Å²) in [5, 5.41) is 0.993. The molecule has 2 aromatic heterocycles. The van der Waals surface area contributed by atoms with Crippen LogP contribution in [0.25, 0.3) is 101 Å². The molecule has 0 fully saturated rings. The molecular weight excluding hydrogens is 1370 g/mol. The van der Waals surface area contributed by atoms with Crippen LogP contribution >= 0.6 is 0 Å². The van der Waals surface area contributed by atoms with E-state index in [4.69, 9.17) is 19.9 Å². The predicted molar refractivity (Wildman–Crippen MR) is 406 cm³/mol. The van der Waals surface area contributed by atoms with Gasteiger partial charge < -0.3 is 0 Å². The molecule has 0 amide bonds. The first-order chi connectivity index (χ1) is 47.8. The number of hydrogen-bond acceptors (Lipinski definition) is 4. The summed E-state index contributed by atoms with van der Waals surface area (Å²) >= 11 is 0. The van der Waals surface area contributed by atoms with Gasteiger partial charge in [-0.05, 0) is 171 Å². The fourth-order valence-corrected chi connectivity index (χ4v) is 16.7. The number of benzene rings is 10. The SMILES string of the molecule is CCCCCCc1ccc(-c2nc(-c3ccc(CCCCCC)cc3)nc(-c3cc(-c4[c-]cc5c(c4)C4(c6ccccc6-c6ccccc64)c4cc(-c6cc(CCCCCC)cc(CCCCCC)c6)ccc4-5)nc4cc5c(cc34)-c3ccccc3C5(C)c3ccccc3)n2)cc1.[Ir]. The van der Waals surface area contributed by atoms with Crippen molar-refractivity contribution in [1.29, 1.82) is 0 Å². The van der Waals surface area contributed by atoms with E-state index in [0.29, 0.717) is 17.5 Å². The number of fused-ring (bicyclic) bond motifs is 14. The van der Waals surface area contributed by atoms with Crippen molar-refractivity contribution in [2.45, 2.75) is 174 Å². The molecule has 4 nitrogen and oxygen atoms in total. The van der Waals surface area contributed by atoms with Crippen molar-refractivity contribution in [3.05, 3.63) is 286 Å². The third-order valence-electron chi connectivity index (χ3n) is 21.9. The molecule has 1 radical (unpaired) electrons. The molecule has 0 saturated carbocycles. The summed E-state index contributed by atoms with van der Waals surface area (Å²) in [6.07, 6.45) is 24.2. The van der Waals surface area contributed by atoms with Gasteiger partial charge in [-0.2, -0.15) is 0 Å². The molecule has 0 saturated heterocycles. The Balaban J connectivity index is 0.00000821. The van der Waals surface area contributed by atoms with Gasteiger partial charge in [0.2, 0.25) is 0 Å². The number of rotatable bonds is 26. The number of aryl methyl sites for hydroxylation is 4. The smallest absolute Gasteiger partial charge is 0.164 e. The van der Waals surface area contributed by atoms with Gasteiger partial charge in [0.25, 0.3) is 0 Å². The van der Waals surface area contributed by atoms with Crippen molar-refractivity contribution in [2.24, 2.45) is 0 Å². The van der Waals surface area contributed by atoms with Crippen LogP contribution in [0.2, 0.25) is 0 Å². The van der Waals surface area contributed by atoms with Gasteiger partial charge in [0, 0.05) is 47.6 Å². The molecule has 2 heterocycles. The Bertz CT molecular complexity index is 4680. The van der Waals surface area contributed by atoms with Crippen molar-refractivity contribution in [2.75, 3.05) is 0 Å². The maximum atomic E-state index is 5.89. The Labute approximate surface area is 596 Å². The van der Waals surface area contributed by atoms with E-state index in [2.05, 4.69) is 259 Å². The summed E-state index contributed by atoms with van der Waals surface area (Å²) in [4.78, 5) is 22.5. The average Bonchev–Trinajstić information content (AvgIpc) is 1.51. The number of unbranched alkanes of at least 4 members (excludes halogenated alkanes) is 12. The van der Waals surface area contributed by atoms with Gasteiger partial charge in [-0.3, -0.25) is 4.98 Å². The largest absolute Gasteiger partial charge is 0.296 e. The quantitative estimate of drug-likeness (QED) is 0.0400. The number of aromatic nitrogens is 4. The maximum absolute atomic E-state index is 5.89. The van der Waals surface area contributed by atoms with Gasteiger partial charge >= 0.3 is 0 Å². The Hall–Kier alpha value is -8.73. The molecule has 10 aromatic carbocycles. The molecule has 493 valence electrons. The molecule has 98 heavy (non-hydrogen) atoms. The van der Waals surface area contributed by atoms with Gasteiger partial charge in [-0.25, -0.2) is 15.0 Å². The fraction of sp³-hybridized carbons (Fsp3) is 0.290. The number of pyridine rings is 1. The normalized spacial score (nSPS) is 14.2. The van der Waals surface area contributed by atoms with Crippen LogP contribution in [0, 0.1) is 6.07 Å². The summed E-state index contributed by atoms with van der Waals surface area (Å²) in [5.74, 6) is 1.92. The molecular formula is C93H91IrN4-. The zero-order chi connectivity index (χ0) is 65.9. The van der Waals surface area contributed by atoms with Gasteiger partial charge in [-0.1, -0.05) is 304 Å². The topological polar surface area (TPSA) is 51.6 Å². The molecule has 1 atom stereocenters. The Morgan fingerprint density at radius 1 is 0.316 bits per heavy atom. The van der Waals surface area contributed by atoms with E-state index in [0.717, 1.165) is 64.5 Å². The first-order valence-electron chi connectivity index (χ1n) is 36.9. The molecule has 5 heteroatoms. The molecule has 12 aromatic rings. The Morgan fingerprint density at radius 2 is 0.786 bits per heavy atom. The molecule has 0 aliphatic heterocycles. The monoisotopic (exact) mass is 1460 g/mol. The number of hydrogen-bond donors (Lipinski definition) is 0. The zero-order valence-electron chi connectivity index (χ0n) is 58.0. The summed E-state index contributed by atoms with van der Waals surface area (Å²) in [7, 11) is 0. The van der Waals surface area contributed by atoms with E-state index in [1.54, 1.807) is 0 Å². The van der Waals surface area contributed by atoms with Crippen molar-refractivity contribution >= 4 is 10.9 Å². The standard InChI is InChI=1S/C93H91N4.Ir/c1-6-10-14-19-31-63-43-47-67(48-44-63)89-95-90(68-49-45-64(46-50-68)32-20-15-11-7-2)97-91(96-89)80-61-87(94-88-62-84-78(60-79(80)88)75-39-25-28-40-81(75)92(84,5)72-35-23-18-24-36-72)70-52-54-77-76-53-51-69(71-56-65(33-21-16-12-8-3)55-66(57-71)34-22-17-13-9-4)58-85(76)93(86(77)59-70)82-41-29-26-37-73(82)74-38-27-30-42-83(74)93;/h18,23-30,35-51,53-62H,6-17,19-22,31-34H2,1-5H3;/q-1;. The third kappa shape index (κ3) is 12.5. The molecule has 3 aliphatic carbocycles. The maximum Gasteiger partial charge on any atom is 0.164 e. The first kappa shape index (κ1) is 66.5. The average molecular weight is 1460 g/mol. The second-order valence-electron chi connectivity index (χ2n) is 28.3. The first-order valence-corrected chi connectivity index (χ1v) is 36.9. The van der Waals surface area contributed by atoms with Crippen molar-refractivity contribution in [3.8, 4) is 89.9 Å². The van der Waals surface area contributed by atoms with Crippen LogP contribution in [-0.2, 0) is 56.6 Å². The van der Waals surface area contributed by atoms with Crippen molar-refractivity contribution in [1.82, 2.24) is 19.9 Å². The van der Waals surface area contributed by atoms with Crippen LogP contribution in [0.15, 0.2) is 218 Å². The van der Waals surface area contributed by atoms with E-state index in [1.165, 1.54) is 208 Å². The van der Waals surface area contributed by atoms with Crippen molar-refractivity contribution < 1.29 is 20.1 Å². The van der Waals surface area contributed by atoms with E-state index in [-0.39, 0.29) is 20.1 Å². The predicted octanol–water partition coefficient (Wildman–Crippen LogP) is 24.7. The Kier molecular flexibility index (Phi) is 19.9. The third-order valence-corrected chi connectivity index (χ3v) is 21.9. The fourth-order valence-electron chi connectivity index (χ4n) is 16.7. The van der Waals surface area contributed by atoms with Crippen LogP contribution < -0.4 is 0 Å². The Morgan fingerprint density at radius 3 is 1.34 bits per heavy atom. The number of nitrogens with zero attached hydrogens (tertiary/aromatic N) is 4. The minimum Gasteiger partial charge on any atom is -0.296 e. The van der Waals surface area contributed by atoms with Gasteiger partial charge in [0.1, 0.15) is 0 Å². The van der Waals surface area contributed by atoms with Crippen LogP contribution in [-0.4, -0.2) is 19.9 Å². The van der Waals surface area contributed by atoms with E-state index in [1.807, 2.05) is 0 Å². The molecule has 1 unspecified atom stereocenters. The second-order valence-corrected chi connectivity index (χ2v) is 28.3. The van der Waals surface area contributed by atoms with Crippen LogP contribution in [0.1, 0.15) is 199 Å². The van der Waals surface area contributed by atoms with Gasteiger partial charge in [0.15, 0.2) is 17.5 Å². The summed E-state index contributed by atoms with van der Waals surface area (Å²) in [5.41, 5.74) is 29.0. The minimum absolute atomic E-state index is 0. The van der Waals surface area contributed by atoms with Crippen LogP contribution in [0.4, 0.5) is 0 Å². The van der Waals surface area contributed by atoms with Gasteiger partial charge in [-0.15, -0.1) is 29.3 Å². The van der Waals surface area contributed by atoms with Crippen LogP contribution in [0.3, 0.4) is 0 Å². The zero-order valence-corrected chi connectivity index (χ0v) is 60.4. The van der Waals surface area contributed by atoms with Crippen LogP contribution in [0.5, 0.6) is 0 Å². The molecule has 0 bridgehead atoms. The molecule has 0 N–H and O–H groups in total. The van der Waals surface area contributed by atoms with E-state index < -0.39 is 10.8 Å². The van der Waals surface area contributed by atoms with E-state index >= 15 is 0 Å². The minimum atomic E-state index is -0.615. The molecule has 15 rings (SSSR count). The second kappa shape index (κ2) is 29.4. The molecule has 3 aliphatic rings. The summed E-state index contributed by atoms with van der Waals surface area (Å²) in [6, 6.07) is 87.1.